The van der Waals surface area contributed by atoms with Crippen molar-refractivity contribution in [3.05, 3.63) is 59.9 Å². The quantitative estimate of drug-likeness (QED) is 0.374. The van der Waals surface area contributed by atoms with Crippen LogP contribution in [-0.2, 0) is 4.43 Å². The summed E-state index contributed by atoms with van der Waals surface area (Å²) in [5.74, 6) is 2.20. The van der Waals surface area contributed by atoms with Crippen LogP contribution in [-0.4, -0.2) is 8.32 Å². The fourth-order valence-electron chi connectivity index (χ4n) is 5.81. The lowest BCUT2D eigenvalue weighted by atomic mass is 9.72. The van der Waals surface area contributed by atoms with Gasteiger partial charge in [-0.2, -0.15) is 0 Å². The van der Waals surface area contributed by atoms with Gasteiger partial charge in [-0.25, -0.2) is 0 Å². The Labute approximate surface area is 161 Å². The zero-order valence-electron chi connectivity index (χ0n) is 17.6. The standard InChI is InChI=1S/C24H36OSi/c1-17(2)26(18(3)4,19(5)6)25-23-16-22(20-12-9-8-10-13-20)24(7)15-11-14-21(23)24/h8-13,15-19,21-22H,14H2,1-7H3/t21-,22+,24-/m0/s1. The van der Waals surface area contributed by atoms with E-state index in [2.05, 4.69) is 97.0 Å². The highest BCUT2D eigenvalue weighted by Gasteiger charge is 2.53. The summed E-state index contributed by atoms with van der Waals surface area (Å²) in [6, 6.07) is 11.0. The molecule has 1 nitrogen and oxygen atoms in total. The summed E-state index contributed by atoms with van der Waals surface area (Å²) < 4.78 is 7.17. The van der Waals surface area contributed by atoms with Crippen molar-refractivity contribution in [3.8, 4) is 0 Å². The second kappa shape index (κ2) is 7.03. The first-order valence-electron chi connectivity index (χ1n) is 10.4. The molecule has 3 rings (SSSR count). The first-order valence-corrected chi connectivity index (χ1v) is 12.5. The molecule has 0 heterocycles. The zero-order chi connectivity index (χ0) is 19.1. The van der Waals surface area contributed by atoms with E-state index in [4.69, 9.17) is 4.43 Å². The molecule has 0 aliphatic heterocycles. The topological polar surface area (TPSA) is 9.23 Å². The second-order valence-electron chi connectivity index (χ2n) is 9.43. The highest BCUT2D eigenvalue weighted by atomic mass is 28.4. The summed E-state index contributed by atoms with van der Waals surface area (Å²) in [7, 11) is -1.91. The summed E-state index contributed by atoms with van der Waals surface area (Å²) in [5, 5.41) is 0. The molecule has 3 atom stereocenters. The van der Waals surface area contributed by atoms with Gasteiger partial charge in [-0.1, -0.05) is 91.0 Å². The summed E-state index contributed by atoms with van der Waals surface area (Å²) in [6.07, 6.45) is 8.41. The molecule has 0 radical (unpaired) electrons. The Hall–Kier alpha value is -1.28. The molecule has 142 valence electrons. The predicted octanol–water partition coefficient (Wildman–Crippen LogP) is 7.44. The van der Waals surface area contributed by atoms with E-state index in [9.17, 15) is 0 Å². The van der Waals surface area contributed by atoms with Crippen molar-refractivity contribution >= 4 is 8.32 Å². The third kappa shape index (κ3) is 2.91. The molecule has 0 amide bonds. The fraction of sp³-hybridized carbons (Fsp3) is 0.583. The van der Waals surface area contributed by atoms with Gasteiger partial charge in [0, 0.05) is 17.3 Å². The lowest BCUT2D eigenvalue weighted by molar-refractivity contribution is 0.243. The monoisotopic (exact) mass is 368 g/mol. The molecule has 2 aliphatic carbocycles. The Kier molecular flexibility index (Phi) is 5.27. The molecule has 0 unspecified atom stereocenters. The Morgan fingerprint density at radius 3 is 2.08 bits per heavy atom. The molecular weight excluding hydrogens is 332 g/mol. The van der Waals surface area contributed by atoms with E-state index in [1.54, 1.807) is 0 Å². The van der Waals surface area contributed by atoms with E-state index in [0.29, 0.717) is 28.5 Å². The molecule has 0 saturated carbocycles. The molecule has 0 saturated heterocycles. The minimum atomic E-state index is -1.91. The Balaban J connectivity index is 2.02. The first kappa shape index (κ1) is 19.5. The molecule has 0 fully saturated rings. The molecule has 0 aromatic heterocycles. The van der Waals surface area contributed by atoms with E-state index in [0.717, 1.165) is 6.42 Å². The van der Waals surface area contributed by atoms with Crippen LogP contribution in [0.4, 0.5) is 0 Å². The van der Waals surface area contributed by atoms with Crippen molar-refractivity contribution in [1.82, 2.24) is 0 Å². The largest absolute Gasteiger partial charge is 0.546 e. The van der Waals surface area contributed by atoms with Gasteiger partial charge in [0.1, 0.15) is 0 Å². The number of hydrogen-bond donors (Lipinski definition) is 0. The molecule has 0 N–H and O–H groups in total. The zero-order valence-corrected chi connectivity index (χ0v) is 18.6. The van der Waals surface area contributed by atoms with Gasteiger partial charge in [-0.05, 0) is 34.7 Å². The van der Waals surface area contributed by atoms with Crippen molar-refractivity contribution in [1.29, 1.82) is 0 Å². The average Bonchev–Trinajstić information content (AvgIpc) is 3.08. The maximum atomic E-state index is 7.17. The van der Waals surface area contributed by atoms with Crippen LogP contribution in [0.25, 0.3) is 0 Å². The lowest BCUT2D eigenvalue weighted by Crippen LogP contribution is -2.48. The SMILES string of the molecule is CC(C)[Si](OC1=C[C@H](c2ccccc2)[C@@]2(C)C=CC[C@@H]12)(C(C)C)C(C)C. The second-order valence-corrected chi connectivity index (χ2v) is 14.8. The predicted molar refractivity (Wildman–Crippen MR) is 115 cm³/mol. The van der Waals surface area contributed by atoms with Gasteiger partial charge in [0.25, 0.3) is 8.32 Å². The highest BCUT2D eigenvalue weighted by Crippen LogP contribution is 2.59. The third-order valence-corrected chi connectivity index (χ3v) is 13.1. The maximum absolute atomic E-state index is 7.17. The van der Waals surface area contributed by atoms with E-state index in [1.807, 2.05) is 0 Å². The van der Waals surface area contributed by atoms with Gasteiger partial charge >= 0.3 is 0 Å². The third-order valence-electron chi connectivity index (χ3n) is 7.10. The molecule has 1 aromatic carbocycles. The Bertz CT molecular complexity index is 664. The average molecular weight is 369 g/mol. The van der Waals surface area contributed by atoms with Gasteiger partial charge in [-0.15, -0.1) is 0 Å². The number of allylic oxidation sites excluding steroid dienone is 4. The molecule has 2 heteroatoms. The van der Waals surface area contributed by atoms with Crippen LogP contribution in [0.1, 0.15) is 66.4 Å². The van der Waals surface area contributed by atoms with Gasteiger partial charge < -0.3 is 4.43 Å². The Morgan fingerprint density at radius 2 is 1.54 bits per heavy atom. The van der Waals surface area contributed by atoms with Crippen LogP contribution in [0.15, 0.2) is 54.3 Å². The van der Waals surface area contributed by atoms with Gasteiger partial charge in [0.2, 0.25) is 0 Å². The van der Waals surface area contributed by atoms with Crippen LogP contribution in [0.2, 0.25) is 16.6 Å². The van der Waals surface area contributed by atoms with Crippen LogP contribution in [0, 0.1) is 11.3 Å². The highest BCUT2D eigenvalue weighted by molar-refractivity contribution is 6.77. The van der Waals surface area contributed by atoms with E-state index < -0.39 is 8.32 Å². The lowest BCUT2D eigenvalue weighted by Gasteiger charge is -2.44. The minimum absolute atomic E-state index is 0.155. The molecule has 26 heavy (non-hydrogen) atoms. The summed E-state index contributed by atoms with van der Waals surface area (Å²) in [4.78, 5) is 0. The van der Waals surface area contributed by atoms with Crippen LogP contribution < -0.4 is 0 Å². The molecule has 2 aliphatic rings. The summed E-state index contributed by atoms with van der Waals surface area (Å²) in [6.45, 7) is 16.7. The van der Waals surface area contributed by atoms with Crippen molar-refractivity contribution in [3.63, 3.8) is 0 Å². The van der Waals surface area contributed by atoms with Gasteiger partial charge in [0.15, 0.2) is 0 Å². The normalized spacial score (nSPS) is 28.2. The van der Waals surface area contributed by atoms with Crippen LogP contribution in [0.3, 0.4) is 0 Å². The fourth-order valence-corrected chi connectivity index (χ4v) is 11.1. The van der Waals surface area contributed by atoms with Crippen molar-refractivity contribution in [2.75, 3.05) is 0 Å². The minimum Gasteiger partial charge on any atom is -0.546 e. The summed E-state index contributed by atoms with van der Waals surface area (Å²) >= 11 is 0. The molecule has 0 spiro atoms. The number of rotatable bonds is 6. The van der Waals surface area contributed by atoms with Crippen LogP contribution in [0.5, 0.6) is 0 Å². The van der Waals surface area contributed by atoms with E-state index in [1.165, 1.54) is 11.3 Å². The first-order chi connectivity index (χ1) is 12.2. The summed E-state index contributed by atoms with van der Waals surface area (Å²) in [5.41, 5.74) is 3.40. The molecular formula is C24H36OSi. The molecule has 0 bridgehead atoms. The Morgan fingerprint density at radius 1 is 0.962 bits per heavy atom. The maximum Gasteiger partial charge on any atom is 0.258 e. The van der Waals surface area contributed by atoms with Crippen molar-refractivity contribution in [2.45, 2.75) is 77.4 Å². The number of fused-ring (bicyclic) bond motifs is 1. The van der Waals surface area contributed by atoms with Crippen molar-refractivity contribution in [2.24, 2.45) is 11.3 Å². The smallest absolute Gasteiger partial charge is 0.258 e. The molecule has 1 aromatic rings. The van der Waals surface area contributed by atoms with Crippen molar-refractivity contribution < 1.29 is 4.43 Å². The number of hydrogen-bond acceptors (Lipinski definition) is 1. The number of benzene rings is 1. The van der Waals surface area contributed by atoms with Gasteiger partial charge in [-0.3, -0.25) is 0 Å². The van der Waals surface area contributed by atoms with Gasteiger partial charge in [0.05, 0.1) is 5.76 Å². The van der Waals surface area contributed by atoms with E-state index in [-0.39, 0.29) is 5.41 Å². The van der Waals surface area contributed by atoms with E-state index >= 15 is 0 Å². The van der Waals surface area contributed by atoms with Crippen LogP contribution >= 0.6 is 0 Å².